The monoisotopic (exact) mass is 435 g/mol. The summed E-state index contributed by atoms with van der Waals surface area (Å²) in [5.74, 6) is 1.08. The van der Waals surface area contributed by atoms with Crippen molar-refractivity contribution in [2.75, 3.05) is 17.7 Å². The van der Waals surface area contributed by atoms with Gasteiger partial charge in [0.1, 0.15) is 15.5 Å². The Morgan fingerprint density at radius 3 is 2.73 bits per heavy atom. The number of nitrogens with one attached hydrogen (secondary N) is 1. The van der Waals surface area contributed by atoms with Gasteiger partial charge in [0.2, 0.25) is 0 Å². The molecule has 3 heterocycles. The summed E-state index contributed by atoms with van der Waals surface area (Å²) in [7, 11) is 0. The fourth-order valence-electron chi connectivity index (χ4n) is 3.51. The van der Waals surface area contributed by atoms with Crippen LogP contribution in [0.1, 0.15) is 41.0 Å². The first-order valence-electron chi connectivity index (χ1n) is 9.95. The lowest BCUT2D eigenvalue weighted by atomic mass is 10.1. The zero-order chi connectivity index (χ0) is 20.7. The summed E-state index contributed by atoms with van der Waals surface area (Å²) >= 11 is 3.04. The van der Waals surface area contributed by atoms with Crippen LogP contribution in [0, 0.1) is 0 Å². The Kier molecular flexibility index (Phi) is 4.92. The van der Waals surface area contributed by atoms with Gasteiger partial charge >= 0.3 is 0 Å². The van der Waals surface area contributed by atoms with Gasteiger partial charge in [-0.05, 0) is 61.5 Å². The molecule has 30 heavy (non-hydrogen) atoms. The van der Waals surface area contributed by atoms with E-state index >= 15 is 0 Å². The number of amides is 1. The van der Waals surface area contributed by atoms with E-state index in [0.717, 1.165) is 32.1 Å². The molecule has 5 nitrogen and oxygen atoms in total. The number of fused-ring (bicyclic) bond motifs is 1. The quantitative estimate of drug-likeness (QED) is 0.382. The summed E-state index contributed by atoms with van der Waals surface area (Å²) in [6, 6.07) is 13.6. The van der Waals surface area contributed by atoms with Crippen LogP contribution in [0.25, 0.3) is 20.7 Å². The van der Waals surface area contributed by atoms with Crippen molar-refractivity contribution >= 4 is 50.2 Å². The van der Waals surface area contributed by atoms with E-state index in [0.29, 0.717) is 28.8 Å². The van der Waals surface area contributed by atoms with Crippen LogP contribution >= 0.6 is 22.7 Å². The molecule has 4 aromatic rings. The highest BCUT2D eigenvalue weighted by atomic mass is 32.1. The summed E-state index contributed by atoms with van der Waals surface area (Å²) in [5.41, 5.74) is 9.87. The standard InChI is InChI=1S/C23H21N3O2S2/c1-2-28-15-9-7-14(8-10-15)25-22(27)21-20(24)19-16(18-4-3-11-29-18)12-17(13-5-6-13)26-23(19)30-21/h3-4,7-13H,2,5-6,24H2,1H3,(H,25,27). The number of carbonyl (C=O) groups excluding carboxylic acids is 1. The Bertz CT molecular complexity index is 1210. The number of ether oxygens (including phenoxy) is 1. The molecule has 7 heteroatoms. The summed E-state index contributed by atoms with van der Waals surface area (Å²) in [4.78, 5) is 20.3. The number of thiophene rings is 2. The summed E-state index contributed by atoms with van der Waals surface area (Å²) < 4.78 is 5.46. The van der Waals surface area contributed by atoms with E-state index in [1.165, 1.54) is 24.2 Å². The lowest BCUT2D eigenvalue weighted by Crippen LogP contribution is -2.11. The minimum atomic E-state index is -0.218. The Morgan fingerprint density at radius 2 is 2.07 bits per heavy atom. The van der Waals surface area contributed by atoms with Gasteiger partial charge in [-0.25, -0.2) is 4.98 Å². The number of benzene rings is 1. The normalized spacial score (nSPS) is 13.5. The minimum Gasteiger partial charge on any atom is -0.494 e. The Balaban J connectivity index is 1.52. The number of aromatic nitrogens is 1. The Hall–Kier alpha value is -2.90. The first-order valence-corrected chi connectivity index (χ1v) is 11.6. The number of hydrogen-bond acceptors (Lipinski definition) is 6. The first kappa shape index (κ1) is 19.1. The summed E-state index contributed by atoms with van der Waals surface area (Å²) in [6.07, 6.45) is 2.35. The number of nitrogens with zero attached hydrogens (tertiary/aromatic N) is 1. The van der Waals surface area contributed by atoms with E-state index in [9.17, 15) is 4.79 Å². The van der Waals surface area contributed by atoms with Crippen LogP contribution in [0.4, 0.5) is 11.4 Å². The van der Waals surface area contributed by atoms with Gasteiger partial charge in [-0.3, -0.25) is 4.79 Å². The predicted octanol–water partition coefficient (Wildman–Crippen LogP) is 6.14. The van der Waals surface area contributed by atoms with Crippen LogP contribution in [0.3, 0.4) is 0 Å². The summed E-state index contributed by atoms with van der Waals surface area (Å²) in [6.45, 7) is 2.54. The molecule has 152 valence electrons. The molecule has 3 aromatic heterocycles. The molecule has 1 aliphatic carbocycles. The second-order valence-corrected chi connectivity index (χ2v) is 9.23. The van der Waals surface area contributed by atoms with E-state index in [2.05, 4.69) is 22.8 Å². The smallest absolute Gasteiger partial charge is 0.267 e. The fourth-order valence-corrected chi connectivity index (χ4v) is 5.28. The van der Waals surface area contributed by atoms with E-state index in [1.54, 1.807) is 11.3 Å². The number of pyridine rings is 1. The Labute approximate surface area is 182 Å². The zero-order valence-corrected chi connectivity index (χ0v) is 18.1. The molecule has 0 radical (unpaired) electrons. The van der Waals surface area contributed by atoms with Crippen LogP contribution in [0.15, 0.2) is 47.8 Å². The van der Waals surface area contributed by atoms with Gasteiger partial charge in [-0.2, -0.15) is 0 Å². The van der Waals surface area contributed by atoms with Crippen molar-refractivity contribution in [3.05, 3.63) is 58.4 Å². The second kappa shape index (κ2) is 7.74. The third-order valence-electron chi connectivity index (χ3n) is 5.13. The van der Waals surface area contributed by atoms with Gasteiger partial charge in [0, 0.05) is 33.1 Å². The lowest BCUT2D eigenvalue weighted by molar-refractivity contribution is 0.103. The SMILES string of the molecule is CCOc1ccc(NC(=O)c2sc3nc(C4CC4)cc(-c4cccs4)c3c2N)cc1. The number of anilines is 2. The molecule has 0 aliphatic heterocycles. The molecule has 5 rings (SSSR count). The molecule has 1 aromatic carbocycles. The minimum absolute atomic E-state index is 0.218. The predicted molar refractivity (Wildman–Crippen MR) is 125 cm³/mol. The maximum Gasteiger partial charge on any atom is 0.267 e. The van der Waals surface area contributed by atoms with Crippen LogP contribution in [-0.2, 0) is 0 Å². The number of nitrogens with two attached hydrogens (primary N) is 1. The van der Waals surface area contributed by atoms with Gasteiger partial charge in [0.25, 0.3) is 5.91 Å². The first-order chi connectivity index (χ1) is 14.6. The van der Waals surface area contributed by atoms with Gasteiger partial charge < -0.3 is 15.8 Å². The third kappa shape index (κ3) is 3.55. The van der Waals surface area contributed by atoms with Gasteiger partial charge in [0.05, 0.1) is 12.3 Å². The second-order valence-electron chi connectivity index (χ2n) is 7.28. The largest absolute Gasteiger partial charge is 0.494 e. The van der Waals surface area contributed by atoms with E-state index in [1.807, 2.05) is 37.3 Å². The molecular formula is C23H21N3O2S2. The maximum atomic E-state index is 13.0. The van der Waals surface area contributed by atoms with E-state index in [4.69, 9.17) is 15.5 Å². The number of carbonyl (C=O) groups is 1. The van der Waals surface area contributed by atoms with Crippen LogP contribution in [-0.4, -0.2) is 17.5 Å². The molecule has 1 amide bonds. The molecule has 1 saturated carbocycles. The molecule has 0 atom stereocenters. The topological polar surface area (TPSA) is 77.2 Å². The maximum absolute atomic E-state index is 13.0. The third-order valence-corrected chi connectivity index (χ3v) is 7.13. The van der Waals surface area contributed by atoms with E-state index in [-0.39, 0.29) is 5.91 Å². The van der Waals surface area contributed by atoms with Crippen molar-refractivity contribution in [2.45, 2.75) is 25.7 Å². The van der Waals surface area contributed by atoms with Gasteiger partial charge in [-0.15, -0.1) is 22.7 Å². The Morgan fingerprint density at radius 1 is 1.27 bits per heavy atom. The highest BCUT2D eigenvalue weighted by Gasteiger charge is 2.28. The number of hydrogen-bond donors (Lipinski definition) is 2. The number of rotatable bonds is 6. The molecular weight excluding hydrogens is 414 g/mol. The number of nitrogen functional groups attached to an aromatic ring is 1. The van der Waals surface area contributed by atoms with Gasteiger partial charge in [-0.1, -0.05) is 6.07 Å². The van der Waals surface area contributed by atoms with E-state index < -0.39 is 0 Å². The highest BCUT2D eigenvalue weighted by molar-refractivity contribution is 7.21. The van der Waals surface area contributed by atoms with Crippen molar-refractivity contribution in [1.29, 1.82) is 0 Å². The van der Waals surface area contributed by atoms with Crippen LogP contribution in [0.5, 0.6) is 5.75 Å². The fraction of sp³-hybridized carbons (Fsp3) is 0.217. The highest BCUT2D eigenvalue weighted by Crippen LogP contribution is 2.46. The van der Waals surface area contributed by atoms with Crippen molar-refractivity contribution in [3.8, 4) is 16.2 Å². The molecule has 0 bridgehead atoms. The molecule has 0 spiro atoms. The van der Waals surface area contributed by atoms with Crippen molar-refractivity contribution < 1.29 is 9.53 Å². The average Bonchev–Trinajstić information content (AvgIpc) is 3.35. The molecule has 3 N–H and O–H groups in total. The van der Waals surface area contributed by atoms with Crippen LogP contribution in [0.2, 0.25) is 0 Å². The molecule has 0 unspecified atom stereocenters. The zero-order valence-electron chi connectivity index (χ0n) is 16.5. The van der Waals surface area contributed by atoms with Crippen molar-refractivity contribution in [2.24, 2.45) is 0 Å². The molecule has 1 aliphatic rings. The van der Waals surface area contributed by atoms with Crippen molar-refractivity contribution in [3.63, 3.8) is 0 Å². The lowest BCUT2D eigenvalue weighted by Gasteiger charge is -2.07. The van der Waals surface area contributed by atoms with Gasteiger partial charge in [0.15, 0.2) is 0 Å². The van der Waals surface area contributed by atoms with Crippen molar-refractivity contribution in [1.82, 2.24) is 4.98 Å². The van der Waals surface area contributed by atoms with Crippen LogP contribution < -0.4 is 15.8 Å². The molecule has 0 saturated heterocycles. The average molecular weight is 436 g/mol. The molecule has 1 fully saturated rings. The summed E-state index contributed by atoms with van der Waals surface area (Å²) in [5, 5.41) is 5.88.